The van der Waals surface area contributed by atoms with Crippen LogP contribution in [0.5, 0.6) is 0 Å². The third-order valence-corrected chi connectivity index (χ3v) is 5.06. The van der Waals surface area contributed by atoms with Gasteiger partial charge in [-0.2, -0.15) is 0 Å². The van der Waals surface area contributed by atoms with Gasteiger partial charge in [0.25, 0.3) is 12.3 Å². The van der Waals surface area contributed by atoms with Gasteiger partial charge in [-0.1, -0.05) is 6.07 Å². The van der Waals surface area contributed by atoms with Crippen molar-refractivity contribution in [2.75, 3.05) is 7.05 Å². The predicted molar refractivity (Wildman–Crippen MR) is 104 cm³/mol. The zero-order chi connectivity index (χ0) is 22.3. The zero-order valence-corrected chi connectivity index (χ0v) is 16.1. The minimum atomic E-state index is -2.88. The highest BCUT2D eigenvalue weighted by molar-refractivity contribution is 6.09. The van der Waals surface area contributed by atoms with Crippen LogP contribution < -0.4 is 5.73 Å². The first-order valence-electron chi connectivity index (χ1n) is 9.03. The summed E-state index contributed by atoms with van der Waals surface area (Å²) in [4.78, 5) is 26.0. The molecule has 6 nitrogen and oxygen atoms in total. The number of amides is 1. The molecular formula is C21H15F4N5O. The Morgan fingerprint density at radius 3 is 2.45 bits per heavy atom. The maximum Gasteiger partial charge on any atom is 0.280 e. The van der Waals surface area contributed by atoms with Crippen LogP contribution in [0.15, 0.2) is 60.0 Å². The van der Waals surface area contributed by atoms with Crippen LogP contribution in [0.1, 0.15) is 23.2 Å². The molecule has 3 aromatic rings. The number of guanidine groups is 1. The zero-order valence-electron chi connectivity index (χ0n) is 16.1. The number of hydrogen-bond donors (Lipinski definition) is 1. The van der Waals surface area contributed by atoms with Crippen molar-refractivity contribution in [3.63, 3.8) is 0 Å². The Morgan fingerprint density at radius 1 is 1.06 bits per heavy atom. The highest BCUT2D eigenvalue weighted by Crippen LogP contribution is 2.41. The van der Waals surface area contributed by atoms with Gasteiger partial charge in [0.15, 0.2) is 11.5 Å². The van der Waals surface area contributed by atoms with E-state index in [9.17, 15) is 22.4 Å². The summed E-state index contributed by atoms with van der Waals surface area (Å²) in [5, 5.41) is 0. The lowest BCUT2D eigenvalue weighted by molar-refractivity contribution is -0.129. The first kappa shape index (κ1) is 20.5. The van der Waals surface area contributed by atoms with Crippen LogP contribution in [-0.2, 0) is 10.3 Å². The molecule has 158 valence electrons. The van der Waals surface area contributed by atoms with Crippen LogP contribution in [0.4, 0.5) is 17.6 Å². The quantitative estimate of drug-likeness (QED) is 0.645. The molecule has 0 fully saturated rings. The number of benzene rings is 1. The van der Waals surface area contributed by atoms with E-state index in [1.165, 1.54) is 31.4 Å². The normalized spacial score (nSPS) is 18.6. The number of rotatable bonds is 4. The van der Waals surface area contributed by atoms with Crippen LogP contribution >= 0.6 is 0 Å². The number of halogens is 4. The van der Waals surface area contributed by atoms with Gasteiger partial charge >= 0.3 is 0 Å². The number of likely N-dealkylation sites (N-methyl/N-ethyl adjacent to an activating group) is 1. The van der Waals surface area contributed by atoms with Crippen molar-refractivity contribution in [1.82, 2.24) is 14.9 Å². The molecule has 10 heteroatoms. The molecule has 0 saturated heterocycles. The van der Waals surface area contributed by atoms with Gasteiger partial charge in [-0.3, -0.25) is 19.7 Å². The summed E-state index contributed by atoms with van der Waals surface area (Å²) >= 11 is 0. The van der Waals surface area contributed by atoms with Gasteiger partial charge in [0.2, 0.25) is 0 Å². The number of nitrogens with two attached hydrogens (primary N) is 1. The number of nitrogens with zero attached hydrogens (tertiary/aromatic N) is 4. The predicted octanol–water partition coefficient (Wildman–Crippen LogP) is 3.39. The second-order valence-electron chi connectivity index (χ2n) is 6.90. The molecule has 1 aliphatic rings. The number of pyridine rings is 2. The van der Waals surface area contributed by atoms with Crippen molar-refractivity contribution >= 4 is 11.9 Å². The molecule has 1 aromatic carbocycles. The number of aromatic nitrogens is 2. The SMILES string of the molecule is CN1C(=O)C(c2ccnc(C(F)F)c2)(c2ccc(F)c(-c3cncc(F)c3)c2)N=C1N. The minimum absolute atomic E-state index is 0.0388. The summed E-state index contributed by atoms with van der Waals surface area (Å²) in [6.07, 6.45) is 0.488. The van der Waals surface area contributed by atoms with E-state index in [4.69, 9.17) is 5.73 Å². The highest BCUT2D eigenvalue weighted by atomic mass is 19.3. The topological polar surface area (TPSA) is 84.5 Å². The molecular weight excluding hydrogens is 414 g/mol. The van der Waals surface area contributed by atoms with Crippen molar-refractivity contribution < 1.29 is 22.4 Å². The molecule has 2 N–H and O–H groups in total. The Balaban J connectivity index is 1.98. The van der Waals surface area contributed by atoms with E-state index in [2.05, 4.69) is 15.0 Å². The van der Waals surface area contributed by atoms with E-state index < -0.39 is 35.2 Å². The molecule has 3 heterocycles. The van der Waals surface area contributed by atoms with Crippen molar-refractivity contribution in [3.05, 3.63) is 83.4 Å². The maximum atomic E-state index is 14.6. The number of hydrogen-bond acceptors (Lipinski definition) is 5. The van der Waals surface area contributed by atoms with Gasteiger partial charge in [-0.25, -0.2) is 22.6 Å². The summed E-state index contributed by atoms with van der Waals surface area (Å²) in [5.74, 6) is -2.12. The molecule has 2 aromatic heterocycles. The smallest absolute Gasteiger partial charge is 0.280 e. The molecule has 0 bridgehead atoms. The molecule has 4 rings (SSSR count). The summed E-state index contributed by atoms with van der Waals surface area (Å²) in [6.45, 7) is 0. The van der Waals surface area contributed by atoms with Crippen molar-refractivity contribution in [2.24, 2.45) is 10.7 Å². The highest BCUT2D eigenvalue weighted by Gasteiger charge is 2.50. The lowest BCUT2D eigenvalue weighted by atomic mass is 9.81. The molecule has 1 atom stereocenters. The largest absolute Gasteiger partial charge is 0.369 e. The lowest BCUT2D eigenvalue weighted by Gasteiger charge is -2.27. The average Bonchev–Trinajstić information content (AvgIpc) is 2.99. The minimum Gasteiger partial charge on any atom is -0.369 e. The van der Waals surface area contributed by atoms with Crippen LogP contribution in [0.2, 0.25) is 0 Å². The second-order valence-corrected chi connectivity index (χ2v) is 6.90. The first-order valence-corrected chi connectivity index (χ1v) is 9.03. The average molecular weight is 429 g/mol. The molecule has 1 aliphatic heterocycles. The van der Waals surface area contributed by atoms with Gasteiger partial charge in [0.1, 0.15) is 17.3 Å². The van der Waals surface area contributed by atoms with E-state index >= 15 is 0 Å². The molecule has 0 spiro atoms. The first-order chi connectivity index (χ1) is 14.7. The van der Waals surface area contributed by atoms with Crippen LogP contribution in [0, 0.1) is 11.6 Å². The number of carbonyl (C=O) groups is 1. The summed E-state index contributed by atoms with van der Waals surface area (Å²) in [7, 11) is 1.39. The van der Waals surface area contributed by atoms with E-state index in [1.807, 2.05) is 0 Å². The Hall–Kier alpha value is -3.82. The van der Waals surface area contributed by atoms with Crippen molar-refractivity contribution in [2.45, 2.75) is 12.0 Å². The fraction of sp³-hybridized carbons (Fsp3) is 0.143. The number of alkyl halides is 2. The fourth-order valence-electron chi connectivity index (χ4n) is 3.51. The van der Waals surface area contributed by atoms with E-state index in [1.54, 1.807) is 0 Å². The summed E-state index contributed by atoms with van der Waals surface area (Å²) in [5.41, 5.74) is 3.83. The van der Waals surface area contributed by atoms with Gasteiger partial charge in [-0.05, 0) is 41.5 Å². The van der Waals surface area contributed by atoms with Gasteiger partial charge in [0.05, 0.1) is 6.20 Å². The summed E-state index contributed by atoms with van der Waals surface area (Å²) in [6, 6.07) is 7.22. The Kier molecular flexibility index (Phi) is 4.92. The van der Waals surface area contributed by atoms with Crippen molar-refractivity contribution in [1.29, 1.82) is 0 Å². The van der Waals surface area contributed by atoms with Gasteiger partial charge in [-0.15, -0.1) is 0 Å². The Bertz CT molecular complexity index is 1220. The van der Waals surface area contributed by atoms with Crippen molar-refractivity contribution in [3.8, 4) is 11.1 Å². The van der Waals surface area contributed by atoms with E-state index in [-0.39, 0.29) is 28.2 Å². The maximum absolute atomic E-state index is 14.6. The van der Waals surface area contributed by atoms with E-state index in [0.717, 1.165) is 35.5 Å². The third-order valence-electron chi connectivity index (χ3n) is 5.06. The summed E-state index contributed by atoms with van der Waals surface area (Å²) < 4.78 is 54.8. The van der Waals surface area contributed by atoms with Gasteiger partial charge < -0.3 is 5.73 Å². The molecule has 1 amide bonds. The van der Waals surface area contributed by atoms with E-state index in [0.29, 0.717) is 0 Å². The fourth-order valence-corrected chi connectivity index (χ4v) is 3.51. The number of carbonyl (C=O) groups excluding carboxylic acids is 1. The molecule has 0 radical (unpaired) electrons. The van der Waals surface area contributed by atoms with Gasteiger partial charge in [0, 0.05) is 30.6 Å². The molecule has 0 saturated carbocycles. The second kappa shape index (κ2) is 7.46. The molecule has 1 unspecified atom stereocenters. The molecule has 31 heavy (non-hydrogen) atoms. The Morgan fingerprint density at radius 2 is 1.81 bits per heavy atom. The van der Waals surface area contributed by atoms with Crippen LogP contribution in [0.3, 0.4) is 0 Å². The van der Waals surface area contributed by atoms with Crippen LogP contribution in [0.25, 0.3) is 11.1 Å². The third kappa shape index (κ3) is 3.29. The van der Waals surface area contributed by atoms with Crippen LogP contribution in [-0.4, -0.2) is 33.8 Å². The molecule has 0 aliphatic carbocycles. The monoisotopic (exact) mass is 429 g/mol. The standard InChI is InChI=1S/C21H15F4N5O/c1-30-19(31)21(29-20(30)26,13-4-5-28-17(8-13)18(24)25)12-2-3-16(23)15(7-12)11-6-14(22)10-27-9-11/h2-10,18H,1H3,(H2,26,29). The lowest BCUT2D eigenvalue weighted by Crippen LogP contribution is -2.41. The Labute approximate surface area is 174 Å². The number of aliphatic imine (C=N–C) groups is 1.